The summed E-state index contributed by atoms with van der Waals surface area (Å²) < 4.78 is 45.9. The van der Waals surface area contributed by atoms with Gasteiger partial charge in [0.2, 0.25) is 0 Å². The molecule has 132 valence electrons. The lowest BCUT2D eigenvalue weighted by atomic mass is 9.65. The van der Waals surface area contributed by atoms with Crippen LogP contribution in [0.2, 0.25) is 0 Å². The second-order valence-electron chi connectivity index (χ2n) is 6.46. The highest BCUT2D eigenvalue weighted by Crippen LogP contribution is 2.51. The number of carbonyl (C=O) groups is 1. The number of rotatable bonds is 2. The molecule has 8 heteroatoms. The maximum Gasteiger partial charge on any atom is 0.392 e. The molecule has 1 aromatic heterocycles. The zero-order chi connectivity index (χ0) is 17.4. The number of aromatic carboxylic acids is 1. The molecule has 0 aromatic carbocycles. The van der Waals surface area contributed by atoms with Crippen LogP contribution in [-0.4, -0.2) is 48.5 Å². The van der Waals surface area contributed by atoms with Gasteiger partial charge in [-0.25, -0.2) is 9.78 Å². The van der Waals surface area contributed by atoms with Crippen molar-refractivity contribution >= 4 is 11.8 Å². The lowest BCUT2D eigenvalue weighted by molar-refractivity contribution is -0.223. The molecule has 2 fully saturated rings. The van der Waals surface area contributed by atoms with Crippen molar-refractivity contribution in [1.29, 1.82) is 0 Å². The van der Waals surface area contributed by atoms with Gasteiger partial charge in [0.25, 0.3) is 0 Å². The minimum absolute atomic E-state index is 0.0187. The Kier molecular flexibility index (Phi) is 4.42. The number of nitrogens with zero attached hydrogens (tertiary/aromatic N) is 2. The second kappa shape index (κ2) is 6.23. The predicted octanol–water partition coefficient (Wildman–Crippen LogP) is 2.97. The third-order valence-corrected chi connectivity index (χ3v) is 5.13. The maximum atomic E-state index is 13.5. The smallest absolute Gasteiger partial charge is 0.392 e. The van der Waals surface area contributed by atoms with Gasteiger partial charge in [0.1, 0.15) is 11.4 Å². The third-order valence-electron chi connectivity index (χ3n) is 5.13. The van der Waals surface area contributed by atoms with Crippen LogP contribution in [0.5, 0.6) is 0 Å². The van der Waals surface area contributed by atoms with Gasteiger partial charge in [0.15, 0.2) is 0 Å². The first-order chi connectivity index (χ1) is 11.3. The fourth-order valence-electron chi connectivity index (χ4n) is 3.95. The Labute approximate surface area is 137 Å². The zero-order valence-electron chi connectivity index (χ0n) is 13.1. The highest BCUT2D eigenvalue weighted by molar-refractivity contribution is 5.93. The van der Waals surface area contributed by atoms with Gasteiger partial charge in [0, 0.05) is 37.9 Å². The van der Waals surface area contributed by atoms with Gasteiger partial charge in [0.05, 0.1) is 5.92 Å². The monoisotopic (exact) mass is 344 g/mol. The van der Waals surface area contributed by atoms with Crippen molar-refractivity contribution in [3.8, 4) is 0 Å². The minimum Gasteiger partial charge on any atom is -0.478 e. The lowest BCUT2D eigenvalue weighted by Gasteiger charge is -2.51. The summed E-state index contributed by atoms with van der Waals surface area (Å²) in [7, 11) is 0. The molecular weight excluding hydrogens is 325 g/mol. The number of pyridine rings is 1. The molecule has 24 heavy (non-hydrogen) atoms. The summed E-state index contributed by atoms with van der Waals surface area (Å²) in [4.78, 5) is 17.2. The number of carboxylic acids is 1. The van der Waals surface area contributed by atoms with E-state index in [1.807, 2.05) is 0 Å². The van der Waals surface area contributed by atoms with E-state index in [-0.39, 0.29) is 30.9 Å². The highest BCUT2D eigenvalue weighted by Gasteiger charge is 2.56. The van der Waals surface area contributed by atoms with Crippen molar-refractivity contribution in [2.24, 2.45) is 11.3 Å². The summed E-state index contributed by atoms with van der Waals surface area (Å²) in [6, 6.07) is 2.94. The average Bonchev–Trinajstić information content (AvgIpc) is 2.54. The van der Waals surface area contributed by atoms with Crippen molar-refractivity contribution in [2.75, 3.05) is 31.2 Å². The molecule has 2 aliphatic rings. The Morgan fingerprint density at radius 3 is 2.71 bits per heavy atom. The van der Waals surface area contributed by atoms with Gasteiger partial charge in [-0.3, -0.25) is 0 Å². The molecule has 3 heterocycles. The molecule has 0 amide bonds. The van der Waals surface area contributed by atoms with Crippen LogP contribution in [0.4, 0.5) is 19.0 Å². The number of aromatic nitrogens is 1. The molecule has 0 aliphatic carbocycles. The molecule has 0 bridgehead atoms. The van der Waals surface area contributed by atoms with E-state index >= 15 is 0 Å². The number of piperidine rings is 1. The molecular formula is C16H19F3N2O3. The van der Waals surface area contributed by atoms with E-state index in [4.69, 9.17) is 4.74 Å². The summed E-state index contributed by atoms with van der Waals surface area (Å²) in [6.07, 6.45) is -2.21. The van der Waals surface area contributed by atoms with Crippen molar-refractivity contribution in [3.05, 3.63) is 23.9 Å². The zero-order valence-corrected chi connectivity index (χ0v) is 13.1. The summed E-state index contributed by atoms with van der Waals surface area (Å²) in [5.41, 5.74) is -0.924. The van der Waals surface area contributed by atoms with Crippen LogP contribution >= 0.6 is 0 Å². The standard InChI is InChI=1S/C16H19F3N2O3/c17-16(18,19)12-3-7-21(10-15(12)4-8-24-9-5-15)13-11(14(22)23)2-1-6-20-13/h1-2,6,12H,3-5,7-10H2,(H,22,23). The summed E-state index contributed by atoms with van der Waals surface area (Å²) >= 11 is 0. The number of hydrogen-bond donors (Lipinski definition) is 1. The number of halogens is 3. The van der Waals surface area contributed by atoms with E-state index < -0.39 is 23.5 Å². The van der Waals surface area contributed by atoms with E-state index in [1.165, 1.54) is 18.3 Å². The van der Waals surface area contributed by atoms with Crippen LogP contribution in [0.25, 0.3) is 0 Å². The Morgan fingerprint density at radius 1 is 1.38 bits per heavy atom. The molecule has 1 N–H and O–H groups in total. The average molecular weight is 344 g/mol. The van der Waals surface area contributed by atoms with Crippen LogP contribution < -0.4 is 4.90 Å². The Morgan fingerprint density at radius 2 is 2.08 bits per heavy atom. The van der Waals surface area contributed by atoms with E-state index in [9.17, 15) is 23.1 Å². The van der Waals surface area contributed by atoms with Gasteiger partial charge in [-0.15, -0.1) is 0 Å². The van der Waals surface area contributed by atoms with Crippen LogP contribution in [0.15, 0.2) is 18.3 Å². The molecule has 2 saturated heterocycles. The van der Waals surface area contributed by atoms with Gasteiger partial charge in [-0.05, 0) is 31.4 Å². The van der Waals surface area contributed by atoms with Gasteiger partial charge >= 0.3 is 12.1 Å². The largest absolute Gasteiger partial charge is 0.478 e. The van der Waals surface area contributed by atoms with Crippen molar-refractivity contribution < 1.29 is 27.8 Å². The van der Waals surface area contributed by atoms with Crippen LogP contribution in [0.3, 0.4) is 0 Å². The van der Waals surface area contributed by atoms with E-state index in [1.54, 1.807) is 4.90 Å². The van der Waals surface area contributed by atoms with Crippen LogP contribution in [-0.2, 0) is 4.74 Å². The molecule has 3 rings (SSSR count). The number of anilines is 1. The molecule has 0 radical (unpaired) electrons. The van der Waals surface area contributed by atoms with Crippen molar-refractivity contribution in [1.82, 2.24) is 4.98 Å². The van der Waals surface area contributed by atoms with E-state index in [0.29, 0.717) is 26.1 Å². The van der Waals surface area contributed by atoms with Gasteiger partial charge < -0.3 is 14.7 Å². The first-order valence-electron chi connectivity index (χ1n) is 7.91. The number of carboxylic acid groups (broad SMARTS) is 1. The topological polar surface area (TPSA) is 62.7 Å². The summed E-state index contributed by atoms with van der Waals surface area (Å²) in [5, 5.41) is 9.31. The summed E-state index contributed by atoms with van der Waals surface area (Å²) in [5.74, 6) is -2.27. The van der Waals surface area contributed by atoms with Crippen LogP contribution in [0, 0.1) is 11.3 Å². The molecule has 5 nitrogen and oxygen atoms in total. The highest BCUT2D eigenvalue weighted by atomic mass is 19.4. The summed E-state index contributed by atoms with van der Waals surface area (Å²) in [6.45, 7) is 0.894. The van der Waals surface area contributed by atoms with Crippen LogP contribution in [0.1, 0.15) is 29.6 Å². The normalized spacial score (nSPS) is 24.1. The Hall–Kier alpha value is -1.83. The third kappa shape index (κ3) is 3.07. The van der Waals surface area contributed by atoms with E-state index in [0.717, 1.165) is 0 Å². The number of ether oxygens (including phenoxy) is 1. The first kappa shape index (κ1) is 17.0. The molecule has 1 unspecified atom stereocenters. The number of hydrogen-bond acceptors (Lipinski definition) is 4. The van der Waals surface area contributed by atoms with Crippen molar-refractivity contribution in [2.45, 2.75) is 25.4 Å². The molecule has 1 atom stereocenters. The molecule has 0 saturated carbocycles. The van der Waals surface area contributed by atoms with Gasteiger partial charge in [-0.2, -0.15) is 13.2 Å². The fourth-order valence-corrected chi connectivity index (χ4v) is 3.95. The fraction of sp³-hybridized carbons (Fsp3) is 0.625. The molecule has 1 spiro atoms. The predicted molar refractivity (Wildman–Crippen MR) is 80.1 cm³/mol. The lowest BCUT2D eigenvalue weighted by Crippen LogP contribution is -2.56. The quantitative estimate of drug-likeness (QED) is 0.894. The molecule has 2 aliphatic heterocycles. The van der Waals surface area contributed by atoms with Gasteiger partial charge in [-0.1, -0.05) is 0 Å². The number of alkyl halides is 3. The second-order valence-corrected chi connectivity index (χ2v) is 6.46. The van der Waals surface area contributed by atoms with E-state index in [2.05, 4.69) is 4.98 Å². The van der Waals surface area contributed by atoms with Crippen molar-refractivity contribution in [3.63, 3.8) is 0 Å². The first-order valence-corrected chi connectivity index (χ1v) is 7.91. The Bertz CT molecular complexity index is 615. The minimum atomic E-state index is -4.26. The Balaban J connectivity index is 1.93. The molecule has 1 aromatic rings. The maximum absolute atomic E-state index is 13.5. The SMILES string of the molecule is O=C(O)c1cccnc1N1CCC(C(F)(F)F)C2(CCOCC2)C1.